The first-order valence-electron chi connectivity index (χ1n) is 10.5. The molecule has 0 fully saturated rings. The van der Waals surface area contributed by atoms with Gasteiger partial charge in [-0.05, 0) is 60.9 Å². The van der Waals surface area contributed by atoms with Crippen LogP contribution in [-0.4, -0.2) is 25.0 Å². The van der Waals surface area contributed by atoms with E-state index in [1.54, 1.807) is 12.1 Å². The van der Waals surface area contributed by atoms with Crippen LogP contribution in [0.5, 0.6) is 5.75 Å². The smallest absolute Gasteiger partial charge is 0.262 e. The molecule has 0 aliphatic carbocycles. The lowest BCUT2D eigenvalue weighted by Crippen LogP contribution is -2.26. The fourth-order valence-electron chi connectivity index (χ4n) is 3.34. The molecule has 0 saturated carbocycles. The fraction of sp³-hybridized carbons (Fsp3) is 0.154. The van der Waals surface area contributed by atoms with Gasteiger partial charge in [-0.15, -0.1) is 0 Å². The minimum absolute atomic E-state index is 0.163. The van der Waals surface area contributed by atoms with Crippen LogP contribution >= 0.6 is 11.8 Å². The number of ether oxygens (including phenoxy) is 1. The first-order chi connectivity index (χ1) is 15.6. The zero-order chi connectivity index (χ0) is 22.3. The number of hydrogen-bond acceptors (Lipinski definition) is 4. The third-order valence-corrected chi connectivity index (χ3v) is 6.06. The van der Waals surface area contributed by atoms with Gasteiger partial charge in [0.15, 0.2) is 0 Å². The molecule has 0 aromatic heterocycles. The lowest BCUT2D eigenvalue weighted by molar-refractivity contribution is -0.112. The monoisotopic (exact) mass is 444 g/mol. The lowest BCUT2D eigenvalue weighted by atomic mass is 10.1. The van der Waals surface area contributed by atoms with Gasteiger partial charge in [0.05, 0.1) is 17.2 Å². The third-order valence-electron chi connectivity index (χ3n) is 4.96. The van der Waals surface area contributed by atoms with E-state index in [9.17, 15) is 9.59 Å². The molecule has 6 heteroatoms. The normalized spacial score (nSPS) is 13.9. The molecule has 2 amide bonds. The predicted octanol–water partition coefficient (Wildman–Crippen LogP) is 5.14. The molecule has 162 valence electrons. The van der Waals surface area contributed by atoms with Crippen molar-refractivity contribution in [1.82, 2.24) is 5.32 Å². The Labute approximate surface area is 191 Å². The lowest BCUT2D eigenvalue weighted by Gasteiger charge is -2.19. The van der Waals surface area contributed by atoms with Gasteiger partial charge < -0.3 is 15.4 Å². The summed E-state index contributed by atoms with van der Waals surface area (Å²) in [6, 6.07) is 23.0. The molecule has 1 heterocycles. The molecule has 0 unspecified atom stereocenters. The van der Waals surface area contributed by atoms with Crippen molar-refractivity contribution in [2.45, 2.75) is 18.2 Å². The Morgan fingerprint density at radius 3 is 2.59 bits per heavy atom. The largest absolute Gasteiger partial charge is 0.494 e. The van der Waals surface area contributed by atoms with Crippen LogP contribution in [0.2, 0.25) is 0 Å². The maximum absolute atomic E-state index is 12.6. The highest BCUT2D eigenvalue weighted by Gasteiger charge is 2.22. The molecule has 1 aliphatic rings. The van der Waals surface area contributed by atoms with Crippen molar-refractivity contribution in [3.05, 3.63) is 94.4 Å². The molecule has 0 saturated heterocycles. The molecule has 1 aliphatic heterocycles. The highest BCUT2D eigenvalue weighted by molar-refractivity contribution is 8.04. The summed E-state index contributed by atoms with van der Waals surface area (Å²) in [6.45, 7) is 3.11. The number of hydrogen-bond donors (Lipinski definition) is 2. The molecule has 3 aromatic carbocycles. The molecule has 32 heavy (non-hydrogen) atoms. The van der Waals surface area contributed by atoms with Crippen LogP contribution in [0.1, 0.15) is 28.4 Å². The maximum atomic E-state index is 12.6. The topological polar surface area (TPSA) is 67.4 Å². The fourth-order valence-corrected chi connectivity index (χ4v) is 4.28. The highest BCUT2D eigenvalue weighted by atomic mass is 32.2. The van der Waals surface area contributed by atoms with Gasteiger partial charge in [0.1, 0.15) is 5.75 Å². The molecule has 0 radical (unpaired) electrons. The van der Waals surface area contributed by atoms with E-state index in [0.29, 0.717) is 29.3 Å². The van der Waals surface area contributed by atoms with E-state index < -0.39 is 0 Å². The van der Waals surface area contributed by atoms with E-state index in [4.69, 9.17) is 4.74 Å². The van der Waals surface area contributed by atoms with Crippen LogP contribution in [0.4, 0.5) is 5.69 Å². The van der Waals surface area contributed by atoms with E-state index in [0.717, 1.165) is 28.2 Å². The second kappa shape index (κ2) is 10.2. The van der Waals surface area contributed by atoms with Crippen molar-refractivity contribution >= 4 is 35.3 Å². The SMILES string of the molecule is CCOc1ccc(CCNC(=O)c2ccc3c(c2)NC(=O)/C(=C/c2ccccc2)S3)cc1. The van der Waals surface area contributed by atoms with Crippen LogP contribution in [0.15, 0.2) is 82.6 Å². The maximum Gasteiger partial charge on any atom is 0.262 e. The van der Waals surface area contributed by atoms with Gasteiger partial charge in [-0.25, -0.2) is 0 Å². The Kier molecular flexibility index (Phi) is 6.92. The van der Waals surface area contributed by atoms with E-state index in [2.05, 4.69) is 10.6 Å². The molecule has 2 N–H and O–H groups in total. The second-order valence-corrected chi connectivity index (χ2v) is 8.35. The Morgan fingerprint density at radius 2 is 1.84 bits per heavy atom. The van der Waals surface area contributed by atoms with Crippen LogP contribution in [0.25, 0.3) is 6.08 Å². The number of anilines is 1. The van der Waals surface area contributed by atoms with Gasteiger partial charge in [-0.1, -0.05) is 54.2 Å². The van der Waals surface area contributed by atoms with E-state index >= 15 is 0 Å². The van der Waals surface area contributed by atoms with Crippen molar-refractivity contribution in [3.63, 3.8) is 0 Å². The number of benzene rings is 3. The van der Waals surface area contributed by atoms with Crippen molar-refractivity contribution in [2.75, 3.05) is 18.5 Å². The molecular formula is C26H24N2O3S. The number of thioether (sulfide) groups is 1. The first kappa shape index (κ1) is 21.7. The number of nitrogens with one attached hydrogen (secondary N) is 2. The van der Waals surface area contributed by atoms with E-state index in [1.807, 2.05) is 73.7 Å². The van der Waals surface area contributed by atoms with Crippen LogP contribution in [-0.2, 0) is 11.2 Å². The molecule has 0 spiro atoms. The van der Waals surface area contributed by atoms with E-state index in [-0.39, 0.29) is 11.8 Å². The van der Waals surface area contributed by atoms with E-state index in [1.165, 1.54) is 11.8 Å². The van der Waals surface area contributed by atoms with Gasteiger partial charge in [0.25, 0.3) is 11.8 Å². The third kappa shape index (κ3) is 5.39. The summed E-state index contributed by atoms with van der Waals surface area (Å²) in [5, 5.41) is 5.85. The average Bonchev–Trinajstić information content (AvgIpc) is 2.81. The summed E-state index contributed by atoms with van der Waals surface area (Å²) in [7, 11) is 0. The predicted molar refractivity (Wildman–Crippen MR) is 129 cm³/mol. The van der Waals surface area contributed by atoms with Crippen LogP contribution < -0.4 is 15.4 Å². The number of amides is 2. The van der Waals surface area contributed by atoms with Gasteiger partial charge >= 0.3 is 0 Å². The first-order valence-corrected chi connectivity index (χ1v) is 11.3. The van der Waals surface area contributed by atoms with Crippen LogP contribution in [0, 0.1) is 0 Å². The Morgan fingerprint density at radius 1 is 1.06 bits per heavy atom. The number of rotatable bonds is 7. The quantitative estimate of drug-likeness (QED) is 0.495. The minimum Gasteiger partial charge on any atom is -0.494 e. The summed E-state index contributed by atoms with van der Waals surface area (Å²) < 4.78 is 5.45. The summed E-state index contributed by atoms with van der Waals surface area (Å²) in [6.07, 6.45) is 2.59. The zero-order valence-electron chi connectivity index (χ0n) is 17.8. The average molecular weight is 445 g/mol. The van der Waals surface area contributed by atoms with Crippen molar-refractivity contribution in [2.24, 2.45) is 0 Å². The standard InChI is InChI=1S/C26H24N2O3S/c1-2-31-21-11-8-18(9-12-21)14-15-27-25(29)20-10-13-23-22(17-20)28-26(30)24(32-23)16-19-6-4-3-5-7-19/h3-13,16-17H,2,14-15H2,1H3,(H,27,29)(H,28,30)/b24-16-. The van der Waals surface area contributed by atoms with Crippen LogP contribution in [0.3, 0.4) is 0 Å². The summed E-state index contributed by atoms with van der Waals surface area (Å²) in [5.74, 6) is 0.513. The molecule has 3 aromatic rings. The molecule has 4 rings (SSSR count). The Bertz CT molecular complexity index is 1140. The zero-order valence-corrected chi connectivity index (χ0v) is 18.6. The highest BCUT2D eigenvalue weighted by Crippen LogP contribution is 2.39. The minimum atomic E-state index is -0.167. The van der Waals surface area contributed by atoms with Crippen molar-refractivity contribution in [3.8, 4) is 5.75 Å². The molecular weight excluding hydrogens is 420 g/mol. The Balaban J connectivity index is 1.36. The van der Waals surface area contributed by atoms with Crippen molar-refractivity contribution < 1.29 is 14.3 Å². The summed E-state index contributed by atoms with van der Waals surface area (Å²) in [4.78, 5) is 26.6. The number of carbonyl (C=O) groups excluding carboxylic acids is 2. The molecule has 0 bridgehead atoms. The van der Waals surface area contributed by atoms with Gasteiger partial charge in [-0.3, -0.25) is 9.59 Å². The number of carbonyl (C=O) groups is 2. The molecule has 0 atom stereocenters. The Hall–Kier alpha value is -3.51. The van der Waals surface area contributed by atoms with Crippen molar-refractivity contribution in [1.29, 1.82) is 0 Å². The molecule has 5 nitrogen and oxygen atoms in total. The summed E-state index contributed by atoms with van der Waals surface area (Å²) in [5.41, 5.74) is 3.27. The second-order valence-electron chi connectivity index (χ2n) is 7.27. The van der Waals surface area contributed by atoms with Gasteiger partial charge in [0, 0.05) is 17.0 Å². The van der Waals surface area contributed by atoms with Gasteiger partial charge in [-0.2, -0.15) is 0 Å². The van der Waals surface area contributed by atoms with Gasteiger partial charge in [0.2, 0.25) is 0 Å². The summed E-state index contributed by atoms with van der Waals surface area (Å²) >= 11 is 1.41. The number of fused-ring (bicyclic) bond motifs is 1.